The molecular weight excluding hydrogens is 699 g/mol. The molecule has 3 amide bonds. The van der Waals surface area contributed by atoms with Crippen LogP contribution in [0.5, 0.6) is 5.88 Å². The molecule has 2 aliphatic rings. The molecule has 0 spiro atoms. The first-order valence-electron chi connectivity index (χ1n) is 16.4. The second-order valence-corrected chi connectivity index (χ2v) is 14.1. The van der Waals surface area contributed by atoms with Gasteiger partial charge in [-0.3, -0.25) is 19.4 Å². The van der Waals surface area contributed by atoms with Gasteiger partial charge in [0.2, 0.25) is 17.7 Å². The minimum absolute atomic E-state index is 0.0842. The van der Waals surface area contributed by atoms with E-state index in [-0.39, 0.29) is 28.8 Å². The Labute approximate surface area is 304 Å². The fourth-order valence-corrected chi connectivity index (χ4v) is 7.43. The number of carbonyl (C=O) groups is 3. The number of halogens is 2. The molecule has 0 bridgehead atoms. The minimum atomic E-state index is -0.373. The van der Waals surface area contributed by atoms with Crippen LogP contribution in [0.15, 0.2) is 48.8 Å². The summed E-state index contributed by atoms with van der Waals surface area (Å²) >= 11 is 15.1. The number of aromatic nitrogens is 3. The summed E-state index contributed by atoms with van der Waals surface area (Å²) in [5, 5.41) is 13.7. The molecule has 15 heteroatoms. The maximum absolute atomic E-state index is 13.2. The highest BCUT2D eigenvalue weighted by Crippen LogP contribution is 2.40. The Morgan fingerprint density at radius 2 is 1.86 bits per heavy atom. The minimum Gasteiger partial charge on any atom is -0.481 e. The van der Waals surface area contributed by atoms with Crippen molar-refractivity contribution < 1.29 is 19.1 Å². The second-order valence-electron chi connectivity index (χ2n) is 12.2. The average Bonchev–Trinajstić information content (AvgIpc) is 3.78. The average molecular weight is 738 g/mol. The van der Waals surface area contributed by atoms with Gasteiger partial charge in [-0.15, -0.1) is 11.3 Å². The number of thiazole rings is 1. The van der Waals surface area contributed by atoms with E-state index in [1.807, 2.05) is 17.0 Å². The highest BCUT2D eigenvalue weighted by Gasteiger charge is 2.23. The zero-order chi connectivity index (χ0) is 35.2. The van der Waals surface area contributed by atoms with Crippen LogP contribution in [0.3, 0.4) is 0 Å². The summed E-state index contributed by atoms with van der Waals surface area (Å²) in [6.07, 6.45) is 6.49. The highest BCUT2D eigenvalue weighted by molar-refractivity contribution is 7.13. The largest absolute Gasteiger partial charge is 0.481 e. The Bertz CT molecular complexity index is 1880. The van der Waals surface area contributed by atoms with Crippen LogP contribution < -0.4 is 26.0 Å². The fraction of sp³-hybridized carbons (Fsp3) is 0.371. The summed E-state index contributed by atoms with van der Waals surface area (Å²) in [5.41, 5.74) is 3.49. The van der Waals surface area contributed by atoms with E-state index in [2.05, 4.69) is 31.2 Å². The number of hydrogen-bond acceptors (Lipinski definition) is 10. The number of anilines is 1. The van der Waals surface area contributed by atoms with E-state index in [9.17, 15) is 14.4 Å². The van der Waals surface area contributed by atoms with Gasteiger partial charge in [0.05, 0.1) is 34.2 Å². The van der Waals surface area contributed by atoms with Gasteiger partial charge in [0, 0.05) is 92.1 Å². The summed E-state index contributed by atoms with van der Waals surface area (Å²) in [6.45, 7) is 4.86. The molecule has 1 aromatic carbocycles. The van der Waals surface area contributed by atoms with Gasteiger partial charge in [-0.25, -0.2) is 9.97 Å². The molecule has 6 rings (SSSR count). The lowest BCUT2D eigenvalue weighted by Crippen LogP contribution is -2.43. The summed E-state index contributed by atoms with van der Waals surface area (Å²) in [5.74, 6) is 0.278. The number of methoxy groups -OCH3 is 1. The molecule has 0 radical (unpaired) electrons. The van der Waals surface area contributed by atoms with E-state index < -0.39 is 0 Å². The number of carbonyl (C=O) groups excluding carboxylic acids is 3. The van der Waals surface area contributed by atoms with Gasteiger partial charge in [0.1, 0.15) is 0 Å². The quantitative estimate of drug-likeness (QED) is 0.152. The number of amides is 3. The number of nitrogens with zero attached hydrogens (tertiary/aromatic N) is 4. The van der Waals surface area contributed by atoms with E-state index in [1.165, 1.54) is 11.3 Å². The molecule has 12 nitrogen and oxygen atoms in total. The normalized spacial score (nSPS) is 16.4. The summed E-state index contributed by atoms with van der Waals surface area (Å²) in [7, 11) is 1.57. The van der Waals surface area contributed by atoms with Crippen LogP contribution in [-0.4, -0.2) is 76.4 Å². The molecular formula is C35H38Cl2N8O4S. The third-order valence-electron chi connectivity index (χ3n) is 8.84. The highest BCUT2D eigenvalue weighted by atomic mass is 35.5. The zero-order valence-corrected chi connectivity index (χ0v) is 30.1. The lowest BCUT2D eigenvalue weighted by Gasteiger charge is -2.31. The Morgan fingerprint density at radius 3 is 2.60 bits per heavy atom. The SMILES string of the molecule is COc1nc(-c2ccnc(-c3cccc(NC(=O)c4ncc(CNC5CCN(C(C)=O)CC5)s4)c3Cl)c2Cl)ccc1CNC[C@@H]1CCC(=O)N1. The molecule has 2 aliphatic heterocycles. The van der Waals surface area contributed by atoms with Crippen molar-refractivity contribution in [3.05, 3.63) is 74.3 Å². The molecule has 2 fully saturated rings. The number of likely N-dealkylation sites (tertiary alicyclic amines) is 1. The molecule has 4 aromatic rings. The first kappa shape index (κ1) is 35.7. The number of nitrogens with one attached hydrogen (secondary N) is 4. The van der Waals surface area contributed by atoms with Crippen molar-refractivity contribution in [2.24, 2.45) is 0 Å². The maximum Gasteiger partial charge on any atom is 0.284 e. The Morgan fingerprint density at radius 1 is 1.04 bits per heavy atom. The number of hydrogen-bond donors (Lipinski definition) is 4. The number of benzene rings is 1. The third-order valence-corrected chi connectivity index (χ3v) is 10.6. The van der Waals surface area contributed by atoms with E-state index in [1.54, 1.807) is 50.7 Å². The van der Waals surface area contributed by atoms with E-state index in [0.717, 1.165) is 42.8 Å². The molecule has 262 valence electrons. The molecule has 4 N–H and O–H groups in total. The van der Waals surface area contributed by atoms with Crippen LogP contribution in [0.25, 0.3) is 22.5 Å². The van der Waals surface area contributed by atoms with Crippen molar-refractivity contribution in [1.82, 2.24) is 35.8 Å². The maximum atomic E-state index is 13.2. The molecule has 1 atom stereocenters. The van der Waals surface area contributed by atoms with E-state index in [4.69, 9.17) is 32.9 Å². The van der Waals surface area contributed by atoms with Crippen LogP contribution in [0, 0.1) is 0 Å². The van der Waals surface area contributed by atoms with Crippen LogP contribution in [0.2, 0.25) is 10.0 Å². The van der Waals surface area contributed by atoms with Gasteiger partial charge >= 0.3 is 0 Å². The predicted octanol–water partition coefficient (Wildman–Crippen LogP) is 5.30. The lowest BCUT2D eigenvalue weighted by molar-refractivity contribution is -0.130. The summed E-state index contributed by atoms with van der Waals surface area (Å²) in [4.78, 5) is 52.7. The molecule has 0 unspecified atom stereocenters. The molecule has 5 heterocycles. The molecule has 0 aliphatic carbocycles. The number of pyridine rings is 2. The second kappa shape index (κ2) is 16.3. The van der Waals surface area contributed by atoms with Gasteiger partial charge < -0.3 is 30.9 Å². The van der Waals surface area contributed by atoms with E-state index >= 15 is 0 Å². The Hall–Kier alpha value is -4.14. The third kappa shape index (κ3) is 8.41. The van der Waals surface area contributed by atoms with Crippen molar-refractivity contribution in [2.75, 3.05) is 32.1 Å². The first-order valence-corrected chi connectivity index (χ1v) is 18.0. The number of ether oxygens (including phenoxy) is 1. The molecule has 3 aromatic heterocycles. The number of rotatable bonds is 12. The summed E-state index contributed by atoms with van der Waals surface area (Å²) in [6, 6.07) is 11.3. The van der Waals surface area contributed by atoms with Crippen molar-refractivity contribution >= 4 is 57.9 Å². The van der Waals surface area contributed by atoms with Gasteiger partial charge in [-0.1, -0.05) is 41.4 Å². The Kier molecular flexibility index (Phi) is 11.6. The van der Waals surface area contributed by atoms with Crippen molar-refractivity contribution in [1.29, 1.82) is 0 Å². The van der Waals surface area contributed by atoms with Gasteiger partial charge in [0.25, 0.3) is 5.91 Å². The fourth-order valence-electron chi connectivity index (χ4n) is 6.10. The molecule has 50 heavy (non-hydrogen) atoms. The molecule has 2 saturated heterocycles. The number of piperidine rings is 1. The van der Waals surface area contributed by atoms with Crippen LogP contribution >= 0.6 is 34.5 Å². The smallest absolute Gasteiger partial charge is 0.284 e. The topological polar surface area (TPSA) is 150 Å². The van der Waals surface area contributed by atoms with Gasteiger partial charge in [0.15, 0.2) is 5.01 Å². The standard InChI is InChI=1S/C35H38Cl2N8O4S/c1-20(46)45-14-11-22(12-15-45)40-18-24-19-41-35(50-24)33(48)43-28-5-3-4-26(30(28)36)32-31(37)25(10-13-39-32)27-8-6-21(34(44-27)49-2)16-38-17-23-7-9-29(47)42-23/h3-6,8,10,13,19,22-23,38,40H,7,9,11-12,14-18H2,1-2H3,(H,42,47)(H,43,48)/t23-/m0/s1. The van der Waals surface area contributed by atoms with Crippen molar-refractivity contribution in [3.63, 3.8) is 0 Å². The first-order chi connectivity index (χ1) is 24.2. The van der Waals surface area contributed by atoms with Gasteiger partial charge in [-0.2, -0.15) is 0 Å². The Balaban J connectivity index is 1.11. The molecule has 0 saturated carbocycles. The van der Waals surface area contributed by atoms with Crippen molar-refractivity contribution in [3.8, 4) is 28.4 Å². The van der Waals surface area contributed by atoms with Crippen molar-refractivity contribution in [2.45, 2.75) is 57.8 Å². The van der Waals surface area contributed by atoms with Gasteiger partial charge in [-0.05, 0) is 37.5 Å². The zero-order valence-electron chi connectivity index (χ0n) is 27.7. The monoisotopic (exact) mass is 736 g/mol. The van der Waals surface area contributed by atoms with E-state index in [0.29, 0.717) is 76.2 Å². The summed E-state index contributed by atoms with van der Waals surface area (Å²) < 4.78 is 5.60. The lowest BCUT2D eigenvalue weighted by atomic mass is 10.1. The van der Waals surface area contributed by atoms with Crippen LogP contribution in [0.4, 0.5) is 5.69 Å². The van der Waals surface area contributed by atoms with Crippen LogP contribution in [0.1, 0.15) is 52.8 Å². The van der Waals surface area contributed by atoms with Crippen LogP contribution in [-0.2, 0) is 22.7 Å². The predicted molar refractivity (Wildman–Crippen MR) is 195 cm³/mol.